The standard InChI is InChI=1S/C13H11Cl2NO2/c1-3-9-6(2)10(13(17)18)7-4-5-8(14)11(15)12(7)16-9/h4-5H,3H2,1-2H3,(H,17,18). The summed E-state index contributed by atoms with van der Waals surface area (Å²) in [4.78, 5) is 15.8. The zero-order valence-electron chi connectivity index (χ0n) is 9.92. The summed E-state index contributed by atoms with van der Waals surface area (Å²) in [6.07, 6.45) is 0.644. The summed E-state index contributed by atoms with van der Waals surface area (Å²) in [6.45, 7) is 3.68. The molecule has 1 heterocycles. The topological polar surface area (TPSA) is 50.2 Å². The van der Waals surface area contributed by atoms with E-state index in [1.807, 2.05) is 6.92 Å². The Bertz CT molecular complexity index is 653. The molecule has 0 aliphatic carbocycles. The zero-order valence-corrected chi connectivity index (χ0v) is 11.4. The number of aromatic carboxylic acids is 1. The molecule has 0 radical (unpaired) electrons. The average molecular weight is 284 g/mol. The fraction of sp³-hybridized carbons (Fsp3) is 0.231. The van der Waals surface area contributed by atoms with Crippen LogP contribution in [-0.4, -0.2) is 16.1 Å². The molecule has 94 valence electrons. The van der Waals surface area contributed by atoms with Crippen LogP contribution >= 0.6 is 23.2 Å². The Morgan fingerprint density at radius 3 is 2.61 bits per heavy atom. The van der Waals surface area contributed by atoms with Gasteiger partial charge in [-0.2, -0.15) is 0 Å². The molecular weight excluding hydrogens is 273 g/mol. The Balaban J connectivity index is 2.99. The molecule has 1 N–H and O–H groups in total. The molecule has 0 atom stereocenters. The molecular formula is C13H11Cl2NO2. The van der Waals surface area contributed by atoms with Crippen molar-refractivity contribution in [3.05, 3.63) is 39.0 Å². The van der Waals surface area contributed by atoms with Crippen LogP contribution in [0.4, 0.5) is 0 Å². The number of fused-ring (bicyclic) bond motifs is 1. The minimum Gasteiger partial charge on any atom is -0.478 e. The van der Waals surface area contributed by atoms with Gasteiger partial charge in [-0.15, -0.1) is 0 Å². The number of benzene rings is 1. The van der Waals surface area contributed by atoms with Crippen LogP contribution in [0.3, 0.4) is 0 Å². The largest absolute Gasteiger partial charge is 0.478 e. The Labute approximate surface area is 114 Å². The minimum absolute atomic E-state index is 0.246. The van der Waals surface area contributed by atoms with Crippen LogP contribution in [0.5, 0.6) is 0 Å². The fourth-order valence-corrected chi connectivity index (χ4v) is 2.40. The number of rotatable bonds is 2. The Kier molecular flexibility index (Phi) is 3.46. The SMILES string of the molecule is CCc1nc2c(Cl)c(Cl)ccc2c(C(=O)O)c1C. The second-order valence-electron chi connectivity index (χ2n) is 3.97. The van der Waals surface area contributed by atoms with E-state index in [9.17, 15) is 9.90 Å². The molecule has 1 aromatic carbocycles. The molecule has 0 bridgehead atoms. The van der Waals surface area contributed by atoms with E-state index in [4.69, 9.17) is 23.2 Å². The third kappa shape index (κ3) is 1.93. The van der Waals surface area contributed by atoms with Crippen LogP contribution in [-0.2, 0) is 6.42 Å². The normalized spacial score (nSPS) is 10.9. The van der Waals surface area contributed by atoms with Gasteiger partial charge in [0.2, 0.25) is 0 Å². The number of aryl methyl sites for hydroxylation is 1. The van der Waals surface area contributed by atoms with Crippen LogP contribution in [0.25, 0.3) is 10.9 Å². The first-order valence-corrected chi connectivity index (χ1v) is 6.23. The number of carboxylic acid groups (broad SMARTS) is 1. The summed E-state index contributed by atoms with van der Waals surface area (Å²) in [5, 5.41) is 10.5. The molecule has 0 aliphatic rings. The maximum Gasteiger partial charge on any atom is 0.336 e. The summed E-state index contributed by atoms with van der Waals surface area (Å²) in [5.41, 5.74) is 2.10. The van der Waals surface area contributed by atoms with Crippen molar-refractivity contribution in [3.8, 4) is 0 Å². The van der Waals surface area contributed by atoms with Gasteiger partial charge in [0.25, 0.3) is 0 Å². The molecule has 0 spiro atoms. The molecule has 0 saturated carbocycles. The Morgan fingerprint density at radius 1 is 1.39 bits per heavy atom. The van der Waals surface area contributed by atoms with E-state index in [1.54, 1.807) is 19.1 Å². The molecule has 0 amide bonds. The fourth-order valence-electron chi connectivity index (χ4n) is 2.04. The number of carbonyl (C=O) groups is 1. The van der Waals surface area contributed by atoms with Gasteiger partial charge in [0.15, 0.2) is 0 Å². The van der Waals surface area contributed by atoms with Gasteiger partial charge in [-0.25, -0.2) is 4.79 Å². The summed E-state index contributed by atoms with van der Waals surface area (Å²) >= 11 is 12.0. The molecule has 3 nitrogen and oxygen atoms in total. The molecule has 2 aromatic rings. The first-order chi connectivity index (χ1) is 8.47. The van der Waals surface area contributed by atoms with E-state index in [1.165, 1.54) is 0 Å². The second kappa shape index (κ2) is 4.75. The zero-order chi connectivity index (χ0) is 13.4. The number of nitrogens with zero attached hydrogens (tertiary/aromatic N) is 1. The predicted molar refractivity (Wildman–Crippen MR) is 72.8 cm³/mol. The van der Waals surface area contributed by atoms with Gasteiger partial charge in [-0.1, -0.05) is 36.2 Å². The van der Waals surface area contributed by atoms with Gasteiger partial charge in [0, 0.05) is 11.1 Å². The maximum atomic E-state index is 11.4. The highest BCUT2D eigenvalue weighted by molar-refractivity contribution is 6.45. The highest BCUT2D eigenvalue weighted by Gasteiger charge is 2.18. The smallest absolute Gasteiger partial charge is 0.336 e. The van der Waals surface area contributed by atoms with Crippen LogP contribution in [0.2, 0.25) is 10.0 Å². The van der Waals surface area contributed by atoms with Gasteiger partial charge in [-0.3, -0.25) is 4.98 Å². The quantitative estimate of drug-likeness (QED) is 0.902. The summed E-state index contributed by atoms with van der Waals surface area (Å²) in [7, 11) is 0. The number of halogens is 2. The predicted octanol–water partition coefficient (Wildman–Crippen LogP) is 4.11. The number of hydrogen-bond donors (Lipinski definition) is 1. The second-order valence-corrected chi connectivity index (χ2v) is 4.76. The van der Waals surface area contributed by atoms with Crippen molar-refractivity contribution in [1.29, 1.82) is 0 Å². The van der Waals surface area contributed by atoms with Crippen molar-refractivity contribution >= 4 is 40.1 Å². The Hall–Kier alpha value is -1.32. The van der Waals surface area contributed by atoms with Gasteiger partial charge in [-0.05, 0) is 25.0 Å². The Morgan fingerprint density at radius 2 is 2.06 bits per heavy atom. The van der Waals surface area contributed by atoms with Gasteiger partial charge >= 0.3 is 5.97 Å². The van der Waals surface area contributed by atoms with E-state index in [0.29, 0.717) is 32.9 Å². The molecule has 2 rings (SSSR count). The molecule has 18 heavy (non-hydrogen) atoms. The minimum atomic E-state index is -0.979. The van der Waals surface area contributed by atoms with Crippen molar-refractivity contribution in [2.45, 2.75) is 20.3 Å². The summed E-state index contributed by atoms with van der Waals surface area (Å²) in [6, 6.07) is 3.23. The molecule has 5 heteroatoms. The number of hydrogen-bond acceptors (Lipinski definition) is 2. The molecule has 0 unspecified atom stereocenters. The lowest BCUT2D eigenvalue weighted by atomic mass is 10.0. The van der Waals surface area contributed by atoms with Crippen molar-refractivity contribution in [3.63, 3.8) is 0 Å². The molecule has 0 aliphatic heterocycles. The lowest BCUT2D eigenvalue weighted by molar-refractivity contribution is 0.0698. The lowest BCUT2D eigenvalue weighted by Gasteiger charge is -2.11. The summed E-state index contributed by atoms with van der Waals surface area (Å²) in [5.74, 6) is -0.979. The van der Waals surface area contributed by atoms with Crippen molar-refractivity contribution in [1.82, 2.24) is 4.98 Å². The number of carboxylic acids is 1. The van der Waals surface area contributed by atoms with Crippen molar-refractivity contribution < 1.29 is 9.90 Å². The van der Waals surface area contributed by atoms with Crippen LogP contribution in [0.15, 0.2) is 12.1 Å². The van der Waals surface area contributed by atoms with Gasteiger partial charge in [0.1, 0.15) is 0 Å². The third-order valence-corrected chi connectivity index (χ3v) is 3.74. The highest BCUT2D eigenvalue weighted by atomic mass is 35.5. The van der Waals surface area contributed by atoms with E-state index < -0.39 is 5.97 Å². The van der Waals surface area contributed by atoms with Gasteiger partial charge < -0.3 is 5.11 Å². The van der Waals surface area contributed by atoms with Crippen LogP contribution in [0.1, 0.15) is 28.5 Å². The lowest BCUT2D eigenvalue weighted by Crippen LogP contribution is -2.06. The third-order valence-electron chi connectivity index (χ3n) is 2.94. The van der Waals surface area contributed by atoms with Crippen LogP contribution in [0, 0.1) is 6.92 Å². The van der Waals surface area contributed by atoms with Crippen molar-refractivity contribution in [2.75, 3.05) is 0 Å². The number of pyridine rings is 1. The van der Waals surface area contributed by atoms with Crippen LogP contribution < -0.4 is 0 Å². The number of aromatic nitrogens is 1. The first-order valence-electron chi connectivity index (χ1n) is 5.47. The van der Waals surface area contributed by atoms with E-state index >= 15 is 0 Å². The van der Waals surface area contributed by atoms with E-state index in [0.717, 1.165) is 5.69 Å². The van der Waals surface area contributed by atoms with E-state index in [-0.39, 0.29) is 5.56 Å². The van der Waals surface area contributed by atoms with Crippen molar-refractivity contribution in [2.24, 2.45) is 0 Å². The summed E-state index contributed by atoms with van der Waals surface area (Å²) < 4.78 is 0. The maximum absolute atomic E-state index is 11.4. The first kappa shape index (κ1) is 13.1. The molecule has 0 fully saturated rings. The van der Waals surface area contributed by atoms with Gasteiger partial charge in [0.05, 0.1) is 21.1 Å². The van der Waals surface area contributed by atoms with E-state index in [2.05, 4.69) is 4.98 Å². The monoisotopic (exact) mass is 283 g/mol. The molecule has 1 aromatic heterocycles. The molecule has 0 saturated heterocycles. The highest BCUT2D eigenvalue weighted by Crippen LogP contribution is 2.33. The average Bonchev–Trinajstić information content (AvgIpc) is 2.33.